The van der Waals surface area contributed by atoms with Crippen molar-refractivity contribution < 1.29 is 19.1 Å². The van der Waals surface area contributed by atoms with Gasteiger partial charge in [0, 0.05) is 17.1 Å². The third kappa shape index (κ3) is 3.30. The highest BCUT2D eigenvalue weighted by Crippen LogP contribution is 2.31. The fraction of sp³-hybridized carbons (Fsp3) is 0.263. The average molecular weight is 372 g/mol. The molecule has 0 aliphatic rings. The Bertz CT molecular complexity index is 944. The second-order valence-corrected chi connectivity index (χ2v) is 6.61. The van der Waals surface area contributed by atoms with E-state index in [0.717, 1.165) is 10.2 Å². The summed E-state index contributed by atoms with van der Waals surface area (Å²) in [5, 5.41) is 5.77. The number of carbonyl (C=O) groups excluding carboxylic acids is 2. The number of aromatic nitrogens is 1. The number of methoxy groups -OCH3 is 2. The Morgan fingerprint density at radius 1 is 1.23 bits per heavy atom. The average Bonchev–Trinajstić information content (AvgIpc) is 3.24. The predicted octanol–water partition coefficient (Wildman–Crippen LogP) is 4.09. The highest BCUT2D eigenvalue weighted by Gasteiger charge is 2.27. The quantitative estimate of drug-likeness (QED) is 0.662. The van der Waals surface area contributed by atoms with E-state index >= 15 is 0 Å². The van der Waals surface area contributed by atoms with E-state index in [9.17, 15) is 9.59 Å². The van der Waals surface area contributed by atoms with E-state index in [4.69, 9.17) is 9.47 Å². The molecule has 0 radical (unpaired) electrons. The van der Waals surface area contributed by atoms with Crippen molar-refractivity contribution in [3.63, 3.8) is 0 Å². The van der Waals surface area contributed by atoms with Crippen LogP contribution in [-0.2, 0) is 9.53 Å². The maximum Gasteiger partial charge on any atom is 0.354 e. The second kappa shape index (κ2) is 7.61. The number of carbonyl (C=O) groups is 2. The van der Waals surface area contributed by atoms with Crippen LogP contribution in [0.5, 0.6) is 5.75 Å². The molecule has 1 aromatic carbocycles. The Balaban J connectivity index is 1.97. The molecule has 0 aliphatic heterocycles. The lowest BCUT2D eigenvalue weighted by Crippen LogP contribution is -2.27. The molecule has 0 spiro atoms. The lowest BCUT2D eigenvalue weighted by molar-refractivity contribution is -0.119. The summed E-state index contributed by atoms with van der Waals surface area (Å²) >= 11 is 1.49. The van der Waals surface area contributed by atoms with Crippen LogP contribution in [-0.4, -0.2) is 30.7 Å². The number of anilines is 1. The van der Waals surface area contributed by atoms with Crippen molar-refractivity contribution in [3.05, 3.63) is 47.5 Å². The first-order chi connectivity index (χ1) is 12.6. The largest absolute Gasteiger partial charge is 0.497 e. The van der Waals surface area contributed by atoms with Crippen molar-refractivity contribution in [2.75, 3.05) is 19.5 Å². The molecule has 1 N–H and O–H groups in total. The summed E-state index contributed by atoms with van der Waals surface area (Å²) < 4.78 is 11.9. The fourth-order valence-corrected chi connectivity index (χ4v) is 3.87. The maximum absolute atomic E-state index is 13.0. The molecule has 6 nitrogen and oxygen atoms in total. The van der Waals surface area contributed by atoms with Crippen LogP contribution >= 0.6 is 11.3 Å². The number of rotatable bonds is 6. The first-order valence-corrected chi connectivity index (χ1v) is 9.08. The van der Waals surface area contributed by atoms with Crippen LogP contribution in [0.25, 0.3) is 10.2 Å². The van der Waals surface area contributed by atoms with Crippen LogP contribution in [0.3, 0.4) is 0 Å². The molecule has 1 atom stereocenters. The number of fused-ring (bicyclic) bond motifs is 1. The standard InChI is InChI=1S/C19H20N2O4S/c1-4-15(17(22)20-13-6-5-7-14(11-13)24-2)21-16(19(23)25-3)10-12-8-9-26-18(12)21/h5-11,15H,4H2,1-3H3,(H,20,22)/t15-/m1/s1. The summed E-state index contributed by atoms with van der Waals surface area (Å²) in [4.78, 5) is 26.0. The molecule has 0 fully saturated rings. The SMILES string of the molecule is CC[C@H](C(=O)Nc1cccc(OC)c1)n1c(C(=O)OC)cc2ccsc21. The summed E-state index contributed by atoms with van der Waals surface area (Å²) in [6.07, 6.45) is 0.529. The first kappa shape index (κ1) is 18.0. The minimum Gasteiger partial charge on any atom is -0.497 e. The van der Waals surface area contributed by atoms with Gasteiger partial charge in [-0.3, -0.25) is 4.79 Å². The number of nitrogens with zero attached hydrogens (tertiary/aromatic N) is 1. The smallest absolute Gasteiger partial charge is 0.354 e. The number of nitrogens with one attached hydrogen (secondary N) is 1. The number of thiophene rings is 1. The molecule has 2 heterocycles. The van der Waals surface area contributed by atoms with Crippen LogP contribution < -0.4 is 10.1 Å². The molecule has 3 aromatic rings. The summed E-state index contributed by atoms with van der Waals surface area (Å²) in [6.45, 7) is 1.91. The van der Waals surface area contributed by atoms with Gasteiger partial charge in [-0.25, -0.2) is 4.79 Å². The third-order valence-corrected chi connectivity index (χ3v) is 5.11. The van der Waals surface area contributed by atoms with Crippen LogP contribution in [0.1, 0.15) is 29.9 Å². The van der Waals surface area contributed by atoms with Crippen molar-refractivity contribution in [2.45, 2.75) is 19.4 Å². The second-order valence-electron chi connectivity index (χ2n) is 5.72. The predicted molar refractivity (Wildman–Crippen MR) is 102 cm³/mol. The molecular weight excluding hydrogens is 352 g/mol. The van der Waals surface area contributed by atoms with Gasteiger partial charge >= 0.3 is 5.97 Å². The topological polar surface area (TPSA) is 69.6 Å². The van der Waals surface area contributed by atoms with Gasteiger partial charge in [0.2, 0.25) is 5.91 Å². The molecule has 2 aromatic heterocycles. The summed E-state index contributed by atoms with van der Waals surface area (Å²) in [5.74, 6) is 0.00514. The summed E-state index contributed by atoms with van der Waals surface area (Å²) in [6, 6.07) is 10.3. The van der Waals surface area contributed by atoms with E-state index in [2.05, 4.69) is 5.32 Å². The van der Waals surface area contributed by atoms with Crippen LogP contribution in [0.4, 0.5) is 5.69 Å². The van der Waals surface area contributed by atoms with Gasteiger partial charge in [-0.2, -0.15) is 0 Å². The van der Waals surface area contributed by atoms with Crippen LogP contribution in [0.2, 0.25) is 0 Å². The lowest BCUT2D eigenvalue weighted by atomic mass is 10.2. The van der Waals surface area contributed by atoms with E-state index in [1.807, 2.05) is 30.5 Å². The van der Waals surface area contributed by atoms with Gasteiger partial charge in [-0.1, -0.05) is 13.0 Å². The molecular formula is C19H20N2O4S. The molecule has 0 bridgehead atoms. The number of benzene rings is 1. The van der Waals surface area contributed by atoms with Gasteiger partial charge in [0.05, 0.1) is 14.2 Å². The molecule has 136 valence electrons. The van der Waals surface area contributed by atoms with Gasteiger partial charge in [0.25, 0.3) is 0 Å². The Morgan fingerprint density at radius 3 is 2.73 bits per heavy atom. The van der Waals surface area contributed by atoms with Crippen molar-refractivity contribution in [1.82, 2.24) is 4.57 Å². The fourth-order valence-electron chi connectivity index (χ4n) is 2.93. The summed E-state index contributed by atoms with van der Waals surface area (Å²) in [5.41, 5.74) is 1.02. The normalized spacial score (nSPS) is 12.0. The Hall–Kier alpha value is -2.80. The minimum absolute atomic E-state index is 0.197. The number of amides is 1. The van der Waals surface area contributed by atoms with E-state index in [1.165, 1.54) is 18.4 Å². The Labute approximate surface area is 155 Å². The maximum atomic E-state index is 13.0. The molecule has 1 amide bonds. The van der Waals surface area contributed by atoms with E-state index < -0.39 is 12.0 Å². The molecule has 0 unspecified atom stereocenters. The molecule has 3 rings (SSSR count). The van der Waals surface area contributed by atoms with Gasteiger partial charge in [0.1, 0.15) is 22.3 Å². The van der Waals surface area contributed by atoms with Crippen molar-refractivity contribution in [2.24, 2.45) is 0 Å². The Kier molecular flexibility index (Phi) is 5.27. The molecule has 0 saturated carbocycles. The zero-order valence-electron chi connectivity index (χ0n) is 14.8. The highest BCUT2D eigenvalue weighted by atomic mass is 32.1. The van der Waals surface area contributed by atoms with Crippen LogP contribution in [0, 0.1) is 0 Å². The number of hydrogen-bond donors (Lipinski definition) is 1. The third-order valence-electron chi connectivity index (χ3n) is 4.18. The van der Waals surface area contributed by atoms with Crippen molar-refractivity contribution >= 4 is 39.1 Å². The zero-order valence-corrected chi connectivity index (χ0v) is 15.6. The lowest BCUT2D eigenvalue weighted by Gasteiger charge is -2.20. The molecule has 0 saturated heterocycles. The van der Waals surface area contributed by atoms with E-state index in [-0.39, 0.29) is 5.91 Å². The minimum atomic E-state index is -0.536. The molecule has 7 heteroatoms. The molecule has 26 heavy (non-hydrogen) atoms. The highest BCUT2D eigenvalue weighted by molar-refractivity contribution is 7.16. The van der Waals surface area contributed by atoms with E-state index in [0.29, 0.717) is 23.6 Å². The number of ether oxygens (including phenoxy) is 2. The van der Waals surface area contributed by atoms with Gasteiger partial charge in [-0.05, 0) is 36.1 Å². The van der Waals surface area contributed by atoms with Crippen molar-refractivity contribution in [3.8, 4) is 5.75 Å². The Morgan fingerprint density at radius 2 is 2.04 bits per heavy atom. The zero-order chi connectivity index (χ0) is 18.7. The monoisotopic (exact) mass is 372 g/mol. The number of esters is 1. The van der Waals surface area contributed by atoms with Gasteiger partial charge < -0.3 is 19.4 Å². The number of hydrogen-bond acceptors (Lipinski definition) is 5. The molecule has 0 aliphatic carbocycles. The first-order valence-electron chi connectivity index (χ1n) is 8.20. The van der Waals surface area contributed by atoms with Crippen molar-refractivity contribution in [1.29, 1.82) is 0 Å². The van der Waals surface area contributed by atoms with E-state index in [1.54, 1.807) is 29.9 Å². The summed E-state index contributed by atoms with van der Waals surface area (Å²) in [7, 11) is 2.91. The van der Waals surface area contributed by atoms with Crippen LogP contribution in [0.15, 0.2) is 41.8 Å². The van der Waals surface area contributed by atoms with Gasteiger partial charge in [0.15, 0.2) is 0 Å². The van der Waals surface area contributed by atoms with Gasteiger partial charge in [-0.15, -0.1) is 11.3 Å².